The molecule has 106 valence electrons. The number of hydrogen-bond acceptors (Lipinski definition) is 2. The smallest absolute Gasteiger partial charge is 0.119 e. The highest BCUT2D eigenvalue weighted by Crippen LogP contribution is 2.23. The minimum Gasteiger partial charge on any atom is -0.494 e. The van der Waals surface area contributed by atoms with Crippen LogP contribution in [-0.2, 0) is 0 Å². The van der Waals surface area contributed by atoms with Gasteiger partial charge in [-0.15, -0.1) is 6.58 Å². The number of nitrogens with one attached hydrogen (secondary N) is 1. The number of para-hydroxylation sites is 1. The predicted molar refractivity (Wildman–Crippen MR) is 82.6 cm³/mol. The second-order valence-electron chi connectivity index (χ2n) is 5.30. The highest BCUT2D eigenvalue weighted by molar-refractivity contribution is 5.20. The van der Waals surface area contributed by atoms with Crippen LogP contribution in [0.25, 0.3) is 0 Å². The van der Waals surface area contributed by atoms with Gasteiger partial charge < -0.3 is 10.1 Å². The molecule has 1 N–H and O–H groups in total. The van der Waals surface area contributed by atoms with Crippen molar-refractivity contribution in [2.75, 3.05) is 19.7 Å². The van der Waals surface area contributed by atoms with Crippen LogP contribution in [0.4, 0.5) is 0 Å². The van der Waals surface area contributed by atoms with Gasteiger partial charge in [-0.25, -0.2) is 0 Å². The van der Waals surface area contributed by atoms with Crippen LogP contribution in [-0.4, -0.2) is 19.7 Å². The molecule has 1 aromatic rings. The summed E-state index contributed by atoms with van der Waals surface area (Å²) in [5.41, 5.74) is 0.162. The van der Waals surface area contributed by atoms with Crippen LogP contribution in [0.1, 0.15) is 33.1 Å². The van der Waals surface area contributed by atoms with Gasteiger partial charge in [-0.2, -0.15) is 0 Å². The zero-order chi connectivity index (χ0) is 14.0. The molecule has 0 aliphatic heterocycles. The first-order chi connectivity index (χ1) is 9.20. The fourth-order valence-electron chi connectivity index (χ4n) is 2.00. The fraction of sp³-hybridized carbons (Fsp3) is 0.529. The Morgan fingerprint density at radius 3 is 2.68 bits per heavy atom. The van der Waals surface area contributed by atoms with Crippen molar-refractivity contribution in [3.63, 3.8) is 0 Å². The van der Waals surface area contributed by atoms with Gasteiger partial charge in [0.15, 0.2) is 0 Å². The van der Waals surface area contributed by atoms with Crippen LogP contribution in [0, 0.1) is 5.41 Å². The summed E-state index contributed by atoms with van der Waals surface area (Å²) < 4.78 is 5.72. The Bertz CT molecular complexity index is 350. The lowest BCUT2D eigenvalue weighted by molar-refractivity contribution is 0.270. The largest absolute Gasteiger partial charge is 0.494 e. The standard InChI is InChI=1S/C17H27NO/c1-4-13-18-15-17(3,5-2)12-9-14-19-16-10-7-6-8-11-16/h5-8,10-11,18H,2,4,9,12-15H2,1,3H3. The summed E-state index contributed by atoms with van der Waals surface area (Å²) in [6.07, 6.45) is 5.38. The predicted octanol–water partition coefficient (Wildman–Crippen LogP) is 4.04. The summed E-state index contributed by atoms with van der Waals surface area (Å²) in [7, 11) is 0. The normalized spacial score (nSPS) is 13.8. The van der Waals surface area contributed by atoms with Crippen molar-refractivity contribution in [2.45, 2.75) is 33.1 Å². The average molecular weight is 261 g/mol. The molecule has 0 radical (unpaired) electrons. The van der Waals surface area contributed by atoms with Gasteiger partial charge in [0.05, 0.1) is 6.61 Å². The lowest BCUT2D eigenvalue weighted by Gasteiger charge is -2.26. The summed E-state index contributed by atoms with van der Waals surface area (Å²) in [4.78, 5) is 0. The Hall–Kier alpha value is -1.28. The molecule has 1 atom stereocenters. The second-order valence-corrected chi connectivity index (χ2v) is 5.30. The Balaban J connectivity index is 2.23. The van der Waals surface area contributed by atoms with E-state index in [0.717, 1.165) is 38.3 Å². The minimum atomic E-state index is 0.162. The Morgan fingerprint density at radius 2 is 2.05 bits per heavy atom. The van der Waals surface area contributed by atoms with Gasteiger partial charge in [-0.3, -0.25) is 0 Å². The summed E-state index contributed by atoms with van der Waals surface area (Å²) in [6, 6.07) is 9.99. The number of hydrogen-bond donors (Lipinski definition) is 1. The van der Waals surface area contributed by atoms with E-state index in [0.29, 0.717) is 0 Å². The zero-order valence-corrected chi connectivity index (χ0v) is 12.3. The Kier molecular flexibility index (Phi) is 7.27. The molecule has 0 fully saturated rings. The fourth-order valence-corrected chi connectivity index (χ4v) is 2.00. The molecule has 2 nitrogen and oxygen atoms in total. The number of ether oxygens (including phenoxy) is 1. The zero-order valence-electron chi connectivity index (χ0n) is 12.3. The summed E-state index contributed by atoms with van der Waals surface area (Å²) in [5, 5.41) is 3.47. The first kappa shape index (κ1) is 15.8. The first-order valence-electron chi connectivity index (χ1n) is 7.22. The molecule has 0 bridgehead atoms. The molecule has 0 saturated heterocycles. The number of rotatable bonds is 10. The maximum atomic E-state index is 5.72. The average Bonchev–Trinajstić information content (AvgIpc) is 2.45. The topological polar surface area (TPSA) is 21.3 Å². The van der Waals surface area contributed by atoms with Crippen molar-refractivity contribution < 1.29 is 4.74 Å². The van der Waals surface area contributed by atoms with Crippen molar-refractivity contribution in [3.8, 4) is 5.75 Å². The van der Waals surface area contributed by atoms with Crippen LogP contribution >= 0.6 is 0 Å². The third-order valence-electron chi connectivity index (χ3n) is 3.35. The molecule has 0 aliphatic rings. The van der Waals surface area contributed by atoms with Gasteiger partial charge in [-0.05, 0) is 43.4 Å². The van der Waals surface area contributed by atoms with Crippen molar-refractivity contribution >= 4 is 0 Å². The Morgan fingerprint density at radius 1 is 1.32 bits per heavy atom. The highest BCUT2D eigenvalue weighted by Gasteiger charge is 2.18. The molecule has 0 aromatic heterocycles. The second kappa shape index (κ2) is 8.76. The van der Waals surface area contributed by atoms with Gasteiger partial charge >= 0.3 is 0 Å². The van der Waals surface area contributed by atoms with E-state index in [1.54, 1.807) is 0 Å². The van der Waals surface area contributed by atoms with Crippen LogP contribution in [0.5, 0.6) is 5.75 Å². The summed E-state index contributed by atoms with van der Waals surface area (Å²) in [6.45, 7) is 11.2. The van der Waals surface area contributed by atoms with E-state index in [-0.39, 0.29) is 5.41 Å². The molecule has 1 unspecified atom stereocenters. The Labute approximate surface area is 117 Å². The molecule has 0 aliphatic carbocycles. The van der Waals surface area contributed by atoms with Gasteiger partial charge in [-0.1, -0.05) is 38.1 Å². The van der Waals surface area contributed by atoms with Crippen molar-refractivity contribution in [3.05, 3.63) is 43.0 Å². The minimum absolute atomic E-state index is 0.162. The lowest BCUT2D eigenvalue weighted by Crippen LogP contribution is -2.31. The highest BCUT2D eigenvalue weighted by atomic mass is 16.5. The molecular formula is C17H27NO. The third kappa shape index (κ3) is 6.44. The van der Waals surface area contributed by atoms with E-state index in [2.05, 4.69) is 31.8 Å². The quantitative estimate of drug-likeness (QED) is 0.507. The van der Waals surface area contributed by atoms with Gasteiger partial charge in [0.2, 0.25) is 0 Å². The van der Waals surface area contributed by atoms with Crippen LogP contribution in [0.2, 0.25) is 0 Å². The maximum Gasteiger partial charge on any atom is 0.119 e. The molecule has 1 aromatic carbocycles. The van der Waals surface area contributed by atoms with E-state index in [1.807, 2.05) is 30.3 Å². The molecule has 2 heteroatoms. The third-order valence-corrected chi connectivity index (χ3v) is 3.35. The molecule has 0 heterocycles. The summed E-state index contributed by atoms with van der Waals surface area (Å²) in [5.74, 6) is 0.951. The van der Waals surface area contributed by atoms with Crippen molar-refractivity contribution in [1.82, 2.24) is 5.32 Å². The molecule has 0 amide bonds. The van der Waals surface area contributed by atoms with Crippen LogP contribution in [0.15, 0.2) is 43.0 Å². The SMILES string of the molecule is C=CC(C)(CCCOc1ccccc1)CNCCC. The first-order valence-corrected chi connectivity index (χ1v) is 7.22. The van der Waals surface area contributed by atoms with Crippen molar-refractivity contribution in [2.24, 2.45) is 5.41 Å². The lowest BCUT2D eigenvalue weighted by atomic mass is 9.85. The van der Waals surface area contributed by atoms with E-state index in [9.17, 15) is 0 Å². The van der Waals surface area contributed by atoms with E-state index in [1.165, 1.54) is 6.42 Å². The van der Waals surface area contributed by atoms with Crippen LogP contribution in [0.3, 0.4) is 0 Å². The van der Waals surface area contributed by atoms with Gasteiger partial charge in [0.25, 0.3) is 0 Å². The molecule has 0 saturated carbocycles. The number of benzene rings is 1. The molecule has 19 heavy (non-hydrogen) atoms. The molecular weight excluding hydrogens is 234 g/mol. The van der Waals surface area contributed by atoms with E-state index in [4.69, 9.17) is 4.74 Å². The summed E-state index contributed by atoms with van der Waals surface area (Å²) >= 11 is 0. The van der Waals surface area contributed by atoms with Crippen LogP contribution < -0.4 is 10.1 Å². The van der Waals surface area contributed by atoms with E-state index >= 15 is 0 Å². The van der Waals surface area contributed by atoms with Crippen molar-refractivity contribution in [1.29, 1.82) is 0 Å². The van der Waals surface area contributed by atoms with Gasteiger partial charge in [0, 0.05) is 6.54 Å². The molecule has 1 rings (SSSR count). The maximum absolute atomic E-state index is 5.72. The molecule has 0 spiro atoms. The van der Waals surface area contributed by atoms with E-state index < -0.39 is 0 Å². The van der Waals surface area contributed by atoms with Gasteiger partial charge in [0.1, 0.15) is 5.75 Å². The monoisotopic (exact) mass is 261 g/mol.